The number of hydrogen-bond acceptors (Lipinski definition) is 4. The molecule has 0 spiro atoms. The van der Waals surface area contributed by atoms with Gasteiger partial charge < -0.3 is 14.7 Å². The van der Waals surface area contributed by atoms with Crippen LogP contribution in [0.25, 0.3) is 0 Å². The molecule has 1 aliphatic rings. The maximum absolute atomic E-state index is 10.2. The van der Waals surface area contributed by atoms with Crippen molar-refractivity contribution in [3.63, 3.8) is 0 Å². The molecule has 1 atom stereocenters. The van der Waals surface area contributed by atoms with Crippen molar-refractivity contribution < 1.29 is 26.6 Å². The topological polar surface area (TPSA) is 57.4 Å². The fourth-order valence-corrected chi connectivity index (χ4v) is 4.75. The molecule has 1 heterocycles. The van der Waals surface area contributed by atoms with Gasteiger partial charge in [-0.05, 0) is 74.7 Å². The van der Waals surface area contributed by atoms with Crippen molar-refractivity contribution in [3.8, 4) is 5.75 Å². The molecule has 3 aromatic rings. The quantitative estimate of drug-likeness (QED) is 0.233. The van der Waals surface area contributed by atoms with Gasteiger partial charge in [-0.1, -0.05) is 48.0 Å². The number of hydrogen-bond donors (Lipinski definition) is 1. The number of aliphatic hydroxyl groups is 1. The van der Waals surface area contributed by atoms with Gasteiger partial charge in [-0.15, -0.1) is 5.10 Å². The first-order valence-electron chi connectivity index (χ1n) is 11.5. The standard InChI is InChI=1S/C29H31N3O2.Co/c1-5-32-26-15-14-24(34-4)19-25(26)29(3,20-22-11-9-10-21(2)18-22)27(32)16-17-30-31-28(33)23-12-7-6-8-13-23;/h6-19H,5,20H2,1-4H3,(H,31,33);/b27-16-,30-17+;. The average molecular weight is 513 g/mol. The van der Waals surface area contributed by atoms with E-state index in [0.717, 1.165) is 24.4 Å². The minimum Gasteiger partial charge on any atom is -0.497 e. The smallest absolute Gasteiger partial charge is 0.238 e. The van der Waals surface area contributed by atoms with Crippen molar-refractivity contribution in [2.75, 3.05) is 18.6 Å². The maximum atomic E-state index is 10.2. The second-order valence-corrected chi connectivity index (χ2v) is 8.73. The summed E-state index contributed by atoms with van der Waals surface area (Å²) in [4.78, 5) is 2.32. The van der Waals surface area contributed by atoms with Gasteiger partial charge in [0.05, 0.1) is 13.3 Å². The van der Waals surface area contributed by atoms with E-state index in [4.69, 9.17) is 4.74 Å². The van der Waals surface area contributed by atoms with Crippen LogP contribution >= 0.6 is 0 Å². The van der Waals surface area contributed by atoms with Crippen LogP contribution in [0.2, 0.25) is 0 Å². The molecule has 0 bridgehead atoms. The fraction of sp³-hybridized carbons (Fsp3) is 0.241. The average Bonchev–Trinajstić information content (AvgIpc) is 3.08. The molecule has 0 aromatic heterocycles. The summed E-state index contributed by atoms with van der Waals surface area (Å²) < 4.78 is 5.56. The Hall–Kier alpha value is -3.35. The van der Waals surface area contributed by atoms with Gasteiger partial charge in [0.25, 0.3) is 0 Å². The van der Waals surface area contributed by atoms with E-state index in [0.29, 0.717) is 5.56 Å². The third kappa shape index (κ3) is 5.50. The predicted octanol–water partition coefficient (Wildman–Crippen LogP) is 6.22. The van der Waals surface area contributed by atoms with E-state index < -0.39 is 0 Å². The second kappa shape index (κ2) is 11.4. The molecule has 6 heteroatoms. The van der Waals surface area contributed by atoms with E-state index in [1.807, 2.05) is 30.3 Å². The second-order valence-electron chi connectivity index (χ2n) is 8.73. The molecule has 4 rings (SSSR count). The molecule has 1 unspecified atom stereocenters. The molecule has 183 valence electrons. The largest absolute Gasteiger partial charge is 0.497 e. The summed E-state index contributed by atoms with van der Waals surface area (Å²) in [5.74, 6) is 0.738. The Bertz CT molecular complexity index is 1250. The molecule has 1 aliphatic heterocycles. The van der Waals surface area contributed by atoms with Crippen molar-refractivity contribution in [1.29, 1.82) is 0 Å². The first-order chi connectivity index (χ1) is 16.5. The van der Waals surface area contributed by atoms with Gasteiger partial charge in [0.15, 0.2) is 0 Å². The Labute approximate surface area is 218 Å². The summed E-state index contributed by atoms with van der Waals surface area (Å²) in [6.45, 7) is 7.36. The molecular formula is C29H31CoN3O2. The molecule has 0 amide bonds. The molecule has 0 aliphatic carbocycles. The zero-order valence-electron chi connectivity index (χ0n) is 20.5. The van der Waals surface area contributed by atoms with E-state index in [2.05, 4.69) is 72.3 Å². The summed E-state index contributed by atoms with van der Waals surface area (Å²) in [6.07, 6.45) is 4.51. The maximum Gasteiger partial charge on any atom is 0.238 e. The Kier molecular flexibility index (Phi) is 8.54. The Balaban J connectivity index is 0.00000342. The van der Waals surface area contributed by atoms with Gasteiger partial charge in [0.2, 0.25) is 5.90 Å². The molecule has 3 aromatic carbocycles. The number of allylic oxidation sites excluding steroid dienone is 2. The van der Waals surface area contributed by atoms with Crippen LogP contribution in [0.4, 0.5) is 5.69 Å². The summed E-state index contributed by atoms with van der Waals surface area (Å²) in [5.41, 5.74) is 6.40. The van der Waals surface area contributed by atoms with Gasteiger partial charge in [0, 0.05) is 45.7 Å². The summed E-state index contributed by atoms with van der Waals surface area (Å²) in [5, 5.41) is 18.4. The van der Waals surface area contributed by atoms with Crippen molar-refractivity contribution in [2.45, 2.75) is 32.6 Å². The van der Waals surface area contributed by atoms with Gasteiger partial charge in [-0.3, -0.25) is 0 Å². The van der Waals surface area contributed by atoms with E-state index >= 15 is 0 Å². The van der Waals surface area contributed by atoms with Crippen LogP contribution < -0.4 is 9.64 Å². The number of likely N-dealkylation sites (N-methyl/N-ethyl adjacent to an activating group) is 1. The Morgan fingerprint density at radius 3 is 2.51 bits per heavy atom. The van der Waals surface area contributed by atoms with Gasteiger partial charge in [-0.25, -0.2) is 0 Å². The van der Waals surface area contributed by atoms with Crippen LogP contribution in [0.1, 0.15) is 36.1 Å². The number of aryl methyl sites for hydroxylation is 1. The third-order valence-corrected chi connectivity index (χ3v) is 6.39. The van der Waals surface area contributed by atoms with Gasteiger partial charge in [-0.2, -0.15) is 5.10 Å². The molecule has 1 N–H and O–H groups in total. The SMILES string of the molecule is CCN1\C(=C/C=N/N=C(\O)c2ccccc2)C(C)(Cc2cccc(C)c2)c2cc(OC)ccc21.[Co]. The number of ether oxygens (including phenoxy) is 1. The number of fused-ring (bicyclic) bond motifs is 1. The first kappa shape index (κ1) is 26.3. The van der Waals surface area contributed by atoms with E-state index in [-0.39, 0.29) is 28.1 Å². The van der Waals surface area contributed by atoms with Crippen molar-refractivity contribution in [3.05, 3.63) is 107 Å². The van der Waals surface area contributed by atoms with Crippen LogP contribution in [0.5, 0.6) is 5.75 Å². The number of rotatable bonds is 7. The number of nitrogens with zero attached hydrogens (tertiary/aromatic N) is 3. The van der Waals surface area contributed by atoms with Crippen LogP contribution in [0.15, 0.2) is 94.8 Å². The van der Waals surface area contributed by atoms with E-state index in [1.54, 1.807) is 25.5 Å². The molecule has 0 saturated carbocycles. The summed E-state index contributed by atoms with van der Waals surface area (Å²) in [6, 6.07) is 24.1. The minimum absolute atomic E-state index is 0. The van der Waals surface area contributed by atoms with E-state index in [1.165, 1.54) is 22.4 Å². The normalized spacial score (nSPS) is 18.6. The number of benzene rings is 3. The van der Waals surface area contributed by atoms with Crippen LogP contribution in [-0.4, -0.2) is 30.9 Å². The number of methoxy groups -OCH3 is 1. The van der Waals surface area contributed by atoms with Crippen LogP contribution in [0.3, 0.4) is 0 Å². The van der Waals surface area contributed by atoms with Crippen molar-refractivity contribution >= 4 is 17.8 Å². The zero-order chi connectivity index (χ0) is 24.1. The Morgan fingerprint density at radius 1 is 1.06 bits per heavy atom. The predicted molar refractivity (Wildman–Crippen MR) is 140 cm³/mol. The minimum atomic E-state index is -0.287. The Morgan fingerprint density at radius 2 is 1.83 bits per heavy atom. The van der Waals surface area contributed by atoms with Crippen LogP contribution in [-0.2, 0) is 28.6 Å². The summed E-state index contributed by atoms with van der Waals surface area (Å²) in [7, 11) is 1.70. The molecule has 35 heavy (non-hydrogen) atoms. The fourth-order valence-electron chi connectivity index (χ4n) is 4.75. The molecule has 0 fully saturated rings. The number of anilines is 1. The van der Waals surface area contributed by atoms with Gasteiger partial charge in [0.1, 0.15) is 5.75 Å². The van der Waals surface area contributed by atoms with Crippen LogP contribution in [0, 0.1) is 6.92 Å². The first-order valence-corrected chi connectivity index (χ1v) is 11.5. The molecule has 1 radical (unpaired) electrons. The molecular weight excluding hydrogens is 481 g/mol. The molecule has 0 saturated heterocycles. The van der Waals surface area contributed by atoms with Crippen molar-refractivity contribution in [1.82, 2.24) is 0 Å². The van der Waals surface area contributed by atoms with Crippen molar-refractivity contribution in [2.24, 2.45) is 10.2 Å². The third-order valence-electron chi connectivity index (χ3n) is 6.39. The molecule has 5 nitrogen and oxygen atoms in total. The monoisotopic (exact) mass is 512 g/mol. The van der Waals surface area contributed by atoms with E-state index in [9.17, 15) is 5.11 Å². The number of aliphatic hydroxyl groups excluding tert-OH is 1. The zero-order valence-corrected chi connectivity index (χ0v) is 21.6. The van der Waals surface area contributed by atoms with Gasteiger partial charge >= 0.3 is 0 Å². The summed E-state index contributed by atoms with van der Waals surface area (Å²) >= 11 is 0.